The molecule has 0 aliphatic carbocycles. The van der Waals surface area contributed by atoms with Crippen LogP contribution < -0.4 is 19.1 Å². The molecule has 0 spiro atoms. The van der Waals surface area contributed by atoms with E-state index in [4.69, 9.17) is 9.47 Å². The second kappa shape index (κ2) is 15.2. The second-order valence-corrected chi connectivity index (χ2v) is 12.0. The van der Waals surface area contributed by atoms with Crippen LogP contribution in [-0.2, 0) is 32.6 Å². The molecule has 0 saturated heterocycles. The molecule has 4 aromatic rings. The van der Waals surface area contributed by atoms with Crippen LogP contribution in [-0.4, -0.2) is 58.5 Å². The lowest BCUT2D eigenvalue weighted by Gasteiger charge is -2.34. The van der Waals surface area contributed by atoms with Crippen LogP contribution >= 0.6 is 0 Å². The molecule has 0 aromatic heterocycles. The molecule has 45 heavy (non-hydrogen) atoms. The number of methoxy groups -OCH3 is 2. The summed E-state index contributed by atoms with van der Waals surface area (Å²) >= 11 is 0. The lowest BCUT2D eigenvalue weighted by molar-refractivity contribution is -0.140. The SMILES string of the molecule is CCNC(=O)[C@@H](Cc1ccccc1)N(Cc1cccc(OC)c1)C(=O)CN(c1ccc(F)cc1)S(=O)(=O)c1ccc(OC)cc1. The Morgan fingerprint density at radius 3 is 2.09 bits per heavy atom. The van der Waals surface area contributed by atoms with Gasteiger partial charge in [0.15, 0.2) is 0 Å². The first kappa shape index (κ1) is 33.0. The lowest BCUT2D eigenvalue weighted by atomic mass is 10.0. The standard InChI is InChI=1S/C34H36FN3O6S/c1-4-36-34(40)32(22-25-9-6-5-7-10-25)37(23-26-11-8-12-30(21-26)44-3)33(39)24-38(28-15-13-27(35)14-16-28)45(41,42)31-19-17-29(43-2)18-20-31/h5-21,32H,4,22-24H2,1-3H3,(H,36,40)/t32-/m1/s1. The summed E-state index contributed by atoms with van der Waals surface area (Å²) < 4.78 is 53.5. The van der Waals surface area contributed by atoms with Crippen LogP contribution in [0, 0.1) is 5.82 Å². The summed E-state index contributed by atoms with van der Waals surface area (Å²) in [5.74, 6) is -0.568. The number of amides is 2. The highest BCUT2D eigenvalue weighted by Crippen LogP contribution is 2.27. The molecule has 0 saturated carbocycles. The molecule has 4 aromatic carbocycles. The summed E-state index contributed by atoms with van der Waals surface area (Å²) in [7, 11) is -1.34. The number of hydrogen-bond donors (Lipinski definition) is 1. The van der Waals surface area contributed by atoms with Gasteiger partial charge in [-0.05, 0) is 78.7 Å². The third-order valence-corrected chi connectivity index (χ3v) is 8.94. The first-order valence-electron chi connectivity index (χ1n) is 14.3. The van der Waals surface area contributed by atoms with Crippen molar-refractivity contribution in [2.45, 2.75) is 30.8 Å². The molecule has 0 fully saturated rings. The molecule has 0 heterocycles. The second-order valence-electron chi connectivity index (χ2n) is 10.1. The predicted octanol–water partition coefficient (Wildman–Crippen LogP) is 4.81. The Bertz CT molecular complexity index is 1680. The van der Waals surface area contributed by atoms with Crippen molar-refractivity contribution in [2.24, 2.45) is 0 Å². The zero-order chi connectivity index (χ0) is 32.4. The Kier molecular flexibility index (Phi) is 11.2. The van der Waals surface area contributed by atoms with E-state index < -0.39 is 34.3 Å². The number of hydrogen-bond acceptors (Lipinski definition) is 6. The fourth-order valence-corrected chi connectivity index (χ4v) is 6.24. The molecule has 0 aliphatic heterocycles. The van der Waals surface area contributed by atoms with Crippen LogP contribution in [0.5, 0.6) is 11.5 Å². The van der Waals surface area contributed by atoms with Gasteiger partial charge >= 0.3 is 0 Å². The molecule has 236 valence electrons. The first-order valence-corrected chi connectivity index (χ1v) is 15.8. The maximum absolute atomic E-state index is 14.4. The van der Waals surface area contributed by atoms with Gasteiger partial charge in [0.2, 0.25) is 11.8 Å². The van der Waals surface area contributed by atoms with Crippen molar-refractivity contribution in [3.63, 3.8) is 0 Å². The largest absolute Gasteiger partial charge is 0.497 e. The zero-order valence-electron chi connectivity index (χ0n) is 25.4. The van der Waals surface area contributed by atoms with E-state index in [0.29, 0.717) is 23.6 Å². The Labute approximate surface area is 263 Å². The Balaban J connectivity index is 1.80. The predicted molar refractivity (Wildman–Crippen MR) is 170 cm³/mol. The Morgan fingerprint density at radius 2 is 1.47 bits per heavy atom. The minimum Gasteiger partial charge on any atom is -0.497 e. The maximum atomic E-state index is 14.4. The van der Waals surface area contributed by atoms with Gasteiger partial charge in [-0.2, -0.15) is 0 Å². The summed E-state index contributed by atoms with van der Waals surface area (Å²) in [4.78, 5) is 29.2. The fraction of sp³-hybridized carbons (Fsp3) is 0.235. The maximum Gasteiger partial charge on any atom is 0.264 e. The van der Waals surface area contributed by atoms with E-state index >= 15 is 0 Å². The smallest absolute Gasteiger partial charge is 0.264 e. The number of sulfonamides is 1. The molecule has 9 nitrogen and oxygen atoms in total. The molecule has 11 heteroatoms. The number of halogens is 1. The zero-order valence-corrected chi connectivity index (χ0v) is 26.2. The quantitative estimate of drug-likeness (QED) is 0.214. The van der Waals surface area contributed by atoms with Gasteiger partial charge in [0.25, 0.3) is 10.0 Å². The minimum absolute atomic E-state index is 0.00942. The average molecular weight is 634 g/mol. The fourth-order valence-electron chi connectivity index (χ4n) is 4.82. The average Bonchev–Trinajstić information content (AvgIpc) is 3.06. The van der Waals surface area contributed by atoms with Crippen LogP contribution in [0.4, 0.5) is 10.1 Å². The van der Waals surface area contributed by atoms with E-state index in [1.54, 1.807) is 31.2 Å². The van der Waals surface area contributed by atoms with E-state index in [0.717, 1.165) is 22.0 Å². The third kappa shape index (κ3) is 8.39. The van der Waals surface area contributed by atoms with Crippen LogP contribution in [0.1, 0.15) is 18.1 Å². The number of likely N-dealkylation sites (N-methyl/N-ethyl adjacent to an activating group) is 1. The highest BCUT2D eigenvalue weighted by atomic mass is 32.2. The molecular formula is C34H36FN3O6S. The van der Waals surface area contributed by atoms with Gasteiger partial charge in [0.1, 0.15) is 29.9 Å². The number of rotatable bonds is 14. The van der Waals surface area contributed by atoms with Gasteiger partial charge in [-0.1, -0.05) is 42.5 Å². The molecule has 0 unspecified atom stereocenters. The minimum atomic E-state index is -4.33. The van der Waals surface area contributed by atoms with E-state index in [2.05, 4.69) is 5.32 Å². The summed E-state index contributed by atoms with van der Waals surface area (Å²) in [6.45, 7) is 1.45. The summed E-state index contributed by atoms with van der Waals surface area (Å²) in [6.07, 6.45) is 0.185. The number of benzene rings is 4. The molecular weight excluding hydrogens is 597 g/mol. The molecule has 0 bridgehead atoms. The Hall–Kier alpha value is -4.90. The molecule has 4 rings (SSSR count). The van der Waals surface area contributed by atoms with Crippen molar-refractivity contribution in [1.29, 1.82) is 0 Å². The molecule has 2 amide bonds. The van der Waals surface area contributed by atoms with E-state index in [-0.39, 0.29) is 29.5 Å². The van der Waals surface area contributed by atoms with Crippen LogP contribution in [0.25, 0.3) is 0 Å². The summed E-state index contributed by atoms with van der Waals surface area (Å²) in [6, 6.07) is 25.9. The summed E-state index contributed by atoms with van der Waals surface area (Å²) in [5.41, 5.74) is 1.58. The van der Waals surface area contributed by atoms with Gasteiger partial charge in [-0.15, -0.1) is 0 Å². The number of carbonyl (C=O) groups excluding carboxylic acids is 2. The first-order chi connectivity index (χ1) is 21.7. The van der Waals surface area contributed by atoms with Crippen molar-refractivity contribution in [2.75, 3.05) is 31.6 Å². The van der Waals surface area contributed by atoms with Crippen LogP contribution in [0.3, 0.4) is 0 Å². The number of nitrogens with one attached hydrogen (secondary N) is 1. The number of ether oxygens (including phenoxy) is 2. The van der Waals surface area contributed by atoms with Crippen molar-refractivity contribution in [1.82, 2.24) is 10.2 Å². The highest BCUT2D eigenvalue weighted by molar-refractivity contribution is 7.92. The molecule has 1 N–H and O–H groups in total. The van der Waals surface area contributed by atoms with Gasteiger partial charge < -0.3 is 19.7 Å². The van der Waals surface area contributed by atoms with E-state index in [1.165, 1.54) is 55.5 Å². The van der Waals surface area contributed by atoms with Gasteiger partial charge in [-0.25, -0.2) is 12.8 Å². The lowest BCUT2D eigenvalue weighted by Crippen LogP contribution is -2.53. The normalized spacial score (nSPS) is 11.7. The monoisotopic (exact) mass is 633 g/mol. The highest BCUT2D eigenvalue weighted by Gasteiger charge is 2.34. The van der Waals surface area contributed by atoms with Crippen molar-refractivity contribution < 1.29 is 31.9 Å². The Morgan fingerprint density at radius 1 is 0.822 bits per heavy atom. The van der Waals surface area contributed by atoms with Crippen molar-refractivity contribution in [3.05, 3.63) is 120 Å². The van der Waals surface area contributed by atoms with E-state index in [1.807, 2.05) is 30.3 Å². The summed E-state index contributed by atoms with van der Waals surface area (Å²) in [5, 5.41) is 2.82. The van der Waals surface area contributed by atoms with Gasteiger partial charge in [0, 0.05) is 19.5 Å². The third-order valence-electron chi connectivity index (χ3n) is 7.15. The van der Waals surface area contributed by atoms with Crippen molar-refractivity contribution >= 4 is 27.5 Å². The number of nitrogens with zero attached hydrogens (tertiary/aromatic N) is 2. The molecule has 0 radical (unpaired) electrons. The van der Waals surface area contributed by atoms with E-state index in [9.17, 15) is 22.4 Å². The number of carbonyl (C=O) groups is 2. The molecule has 0 aliphatic rings. The van der Waals surface area contributed by atoms with Crippen molar-refractivity contribution in [3.8, 4) is 11.5 Å². The van der Waals surface area contributed by atoms with Gasteiger partial charge in [0.05, 0.1) is 24.8 Å². The molecule has 1 atom stereocenters. The van der Waals surface area contributed by atoms with Crippen LogP contribution in [0.2, 0.25) is 0 Å². The van der Waals surface area contributed by atoms with Gasteiger partial charge in [-0.3, -0.25) is 13.9 Å². The topological polar surface area (TPSA) is 105 Å². The number of anilines is 1. The van der Waals surface area contributed by atoms with Crippen LogP contribution in [0.15, 0.2) is 108 Å².